The van der Waals surface area contributed by atoms with Gasteiger partial charge in [0.25, 0.3) is 0 Å². The minimum absolute atomic E-state index is 0.183. The van der Waals surface area contributed by atoms with Crippen LogP contribution >= 0.6 is 0 Å². The van der Waals surface area contributed by atoms with Crippen LogP contribution in [0.15, 0.2) is 18.3 Å². The minimum Gasteiger partial charge on any atom is -0.463 e. The lowest BCUT2D eigenvalue weighted by Gasteiger charge is -2.09. The van der Waals surface area contributed by atoms with E-state index in [4.69, 9.17) is 9.47 Å². The Kier molecular flexibility index (Phi) is 5.25. The second-order valence-corrected chi connectivity index (χ2v) is 4.29. The van der Waals surface area contributed by atoms with Gasteiger partial charge in [-0.15, -0.1) is 4.98 Å². The zero-order valence-electron chi connectivity index (χ0n) is 12.5. The zero-order chi connectivity index (χ0) is 15.1. The van der Waals surface area contributed by atoms with Crippen molar-refractivity contribution in [1.29, 1.82) is 0 Å². The molecule has 0 spiro atoms. The van der Waals surface area contributed by atoms with Gasteiger partial charge in [-0.25, -0.2) is 0 Å². The van der Waals surface area contributed by atoms with Gasteiger partial charge in [0, 0.05) is 12.7 Å². The first-order valence-corrected chi connectivity index (χ1v) is 6.95. The van der Waals surface area contributed by atoms with Crippen molar-refractivity contribution >= 4 is 5.95 Å². The number of nitrogens with zero attached hydrogens (tertiary/aromatic N) is 4. The lowest BCUT2D eigenvalue weighted by molar-refractivity contribution is 0.285. The van der Waals surface area contributed by atoms with E-state index in [1.807, 2.05) is 26.8 Å². The highest BCUT2D eigenvalue weighted by Gasteiger charge is 2.10. The molecule has 2 aromatic heterocycles. The van der Waals surface area contributed by atoms with Crippen molar-refractivity contribution in [2.45, 2.75) is 27.2 Å². The first kappa shape index (κ1) is 15.0. The number of hydrogen-bond donors (Lipinski definition) is 1. The van der Waals surface area contributed by atoms with Gasteiger partial charge >= 0.3 is 12.0 Å². The van der Waals surface area contributed by atoms with Gasteiger partial charge in [-0.05, 0) is 32.4 Å². The topological polar surface area (TPSA) is 82.0 Å². The van der Waals surface area contributed by atoms with Crippen molar-refractivity contribution in [2.24, 2.45) is 0 Å². The van der Waals surface area contributed by atoms with Crippen LogP contribution in [0.4, 0.5) is 5.95 Å². The summed E-state index contributed by atoms with van der Waals surface area (Å²) in [4.78, 5) is 16.7. The Labute approximate surface area is 123 Å². The molecule has 0 aliphatic heterocycles. The van der Waals surface area contributed by atoms with Crippen LogP contribution in [0, 0.1) is 6.92 Å². The van der Waals surface area contributed by atoms with Crippen molar-refractivity contribution in [2.75, 3.05) is 18.5 Å². The molecule has 0 saturated carbocycles. The highest BCUT2D eigenvalue weighted by Crippen LogP contribution is 2.22. The Bertz CT molecular complexity index is 591. The number of aromatic nitrogens is 4. The summed E-state index contributed by atoms with van der Waals surface area (Å²) < 4.78 is 11.1. The maximum atomic E-state index is 5.67. The van der Waals surface area contributed by atoms with E-state index >= 15 is 0 Å². The van der Waals surface area contributed by atoms with E-state index < -0.39 is 0 Å². The van der Waals surface area contributed by atoms with Crippen LogP contribution in [-0.4, -0.2) is 33.1 Å². The molecular weight excluding hydrogens is 270 g/mol. The molecule has 2 rings (SSSR count). The maximum absolute atomic E-state index is 5.67. The Morgan fingerprint density at radius 1 is 1.14 bits per heavy atom. The second-order valence-electron chi connectivity index (χ2n) is 4.29. The molecule has 2 heterocycles. The third-order valence-electron chi connectivity index (χ3n) is 2.52. The van der Waals surface area contributed by atoms with E-state index in [-0.39, 0.29) is 12.0 Å². The van der Waals surface area contributed by atoms with Crippen LogP contribution in [-0.2, 0) is 0 Å². The summed E-state index contributed by atoms with van der Waals surface area (Å²) in [5, 5.41) is 3.03. The Morgan fingerprint density at radius 3 is 2.67 bits per heavy atom. The SMILES string of the molecule is CCCOc1nc(NCC)nc(Oc2cccnc2C)n1. The molecule has 0 saturated heterocycles. The standard InChI is InChI=1S/C14H19N5O2/c1-4-9-20-13-17-12(15-5-2)18-14(19-13)21-11-7-6-8-16-10(11)3/h6-8H,4-5,9H2,1-3H3,(H,15,17,18,19). The smallest absolute Gasteiger partial charge is 0.330 e. The molecule has 7 heteroatoms. The third kappa shape index (κ3) is 4.27. The fourth-order valence-corrected chi connectivity index (χ4v) is 1.55. The molecule has 0 radical (unpaired) electrons. The van der Waals surface area contributed by atoms with E-state index in [9.17, 15) is 0 Å². The van der Waals surface area contributed by atoms with E-state index in [1.54, 1.807) is 12.3 Å². The van der Waals surface area contributed by atoms with E-state index in [0.29, 0.717) is 24.8 Å². The second kappa shape index (κ2) is 7.37. The number of hydrogen-bond acceptors (Lipinski definition) is 7. The largest absolute Gasteiger partial charge is 0.463 e. The predicted molar refractivity (Wildman–Crippen MR) is 78.8 cm³/mol. The summed E-state index contributed by atoms with van der Waals surface area (Å²) in [6, 6.07) is 4.04. The van der Waals surface area contributed by atoms with Gasteiger partial charge in [-0.3, -0.25) is 4.98 Å². The first-order valence-electron chi connectivity index (χ1n) is 6.95. The molecule has 21 heavy (non-hydrogen) atoms. The predicted octanol–water partition coefficient (Wildman–Crippen LogP) is 2.59. The van der Waals surface area contributed by atoms with Crippen molar-refractivity contribution in [3.63, 3.8) is 0 Å². The van der Waals surface area contributed by atoms with Crippen molar-refractivity contribution < 1.29 is 9.47 Å². The van der Waals surface area contributed by atoms with Crippen LogP contribution in [0.3, 0.4) is 0 Å². The molecule has 0 unspecified atom stereocenters. The minimum atomic E-state index is 0.183. The molecule has 0 atom stereocenters. The van der Waals surface area contributed by atoms with Crippen molar-refractivity contribution in [3.8, 4) is 17.8 Å². The molecule has 0 aromatic carbocycles. The molecule has 2 aromatic rings. The van der Waals surface area contributed by atoms with Crippen LogP contribution in [0.1, 0.15) is 26.0 Å². The monoisotopic (exact) mass is 289 g/mol. The van der Waals surface area contributed by atoms with Gasteiger partial charge in [0.05, 0.1) is 12.3 Å². The molecule has 0 amide bonds. The Hall–Kier alpha value is -2.44. The average molecular weight is 289 g/mol. The van der Waals surface area contributed by atoms with Gasteiger partial charge in [-0.1, -0.05) is 6.92 Å². The third-order valence-corrected chi connectivity index (χ3v) is 2.52. The average Bonchev–Trinajstić information content (AvgIpc) is 2.48. The summed E-state index contributed by atoms with van der Waals surface area (Å²) in [6.45, 7) is 7.07. The van der Waals surface area contributed by atoms with E-state index in [1.165, 1.54) is 0 Å². The summed E-state index contributed by atoms with van der Waals surface area (Å²) in [5.74, 6) is 1.03. The van der Waals surface area contributed by atoms with Gasteiger partial charge in [-0.2, -0.15) is 9.97 Å². The molecule has 0 bridgehead atoms. The van der Waals surface area contributed by atoms with Crippen molar-refractivity contribution in [3.05, 3.63) is 24.0 Å². The molecule has 1 N–H and O–H groups in total. The maximum Gasteiger partial charge on any atom is 0.330 e. The van der Waals surface area contributed by atoms with E-state index in [2.05, 4.69) is 25.3 Å². The molecular formula is C14H19N5O2. The highest BCUT2D eigenvalue weighted by molar-refractivity contribution is 5.31. The summed E-state index contributed by atoms with van der Waals surface area (Å²) in [5.41, 5.74) is 0.763. The number of aryl methyl sites for hydroxylation is 1. The fourth-order valence-electron chi connectivity index (χ4n) is 1.55. The van der Waals surface area contributed by atoms with Crippen molar-refractivity contribution in [1.82, 2.24) is 19.9 Å². The van der Waals surface area contributed by atoms with E-state index in [0.717, 1.165) is 12.1 Å². The van der Waals surface area contributed by atoms with Crippen LogP contribution < -0.4 is 14.8 Å². The number of rotatable bonds is 7. The zero-order valence-corrected chi connectivity index (χ0v) is 12.5. The molecule has 0 aliphatic carbocycles. The quantitative estimate of drug-likeness (QED) is 0.838. The molecule has 0 fully saturated rings. The Morgan fingerprint density at radius 2 is 1.95 bits per heavy atom. The number of anilines is 1. The lowest BCUT2D eigenvalue weighted by Crippen LogP contribution is -2.08. The first-order chi connectivity index (χ1) is 10.2. The Balaban J connectivity index is 2.24. The fraction of sp³-hybridized carbons (Fsp3) is 0.429. The number of nitrogens with one attached hydrogen (secondary N) is 1. The lowest BCUT2D eigenvalue weighted by atomic mass is 10.3. The molecule has 7 nitrogen and oxygen atoms in total. The normalized spacial score (nSPS) is 10.2. The van der Waals surface area contributed by atoms with Crippen LogP contribution in [0.2, 0.25) is 0 Å². The number of ether oxygens (including phenoxy) is 2. The van der Waals surface area contributed by atoms with Crippen LogP contribution in [0.5, 0.6) is 17.8 Å². The molecule has 112 valence electrons. The van der Waals surface area contributed by atoms with Gasteiger partial charge in [0.15, 0.2) is 5.75 Å². The van der Waals surface area contributed by atoms with Gasteiger partial charge < -0.3 is 14.8 Å². The summed E-state index contributed by atoms with van der Waals surface area (Å²) in [7, 11) is 0. The number of pyridine rings is 1. The van der Waals surface area contributed by atoms with Gasteiger partial charge in [0.1, 0.15) is 0 Å². The molecule has 0 aliphatic rings. The van der Waals surface area contributed by atoms with Gasteiger partial charge in [0.2, 0.25) is 5.95 Å². The highest BCUT2D eigenvalue weighted by atomic mass is 16.5. The summed E-state index contributed by atoms with van der Waals surface area (Å²) in [6.07, 6.45) is 2.58. The summed E-state index contributed by atoms with van der Waals surface area (Å²) >= 11 is 0. The van der Waals surface area contributed by atoms with Crippen LogP contribution in [0.25, 0.3) is 0 Å².